The van der Waals surface area contributed by atoms with Crippen molar-refractivity contribution in [2.75, 3.05) is 7.11 Å². The van der Waals surface area contributed by atoms with Gasteiger partial charge >= 0.3 is 5.97 Å². The molecule has 0 aliphatic heterocycles. The van der Waals surface area contributed by atoms with E-state index in [1.54, 1.807) is 11.3 Å². The topological polar surface area (TPSA) is 43.6 Å². The number of aromatic nitrogens is 2. The third-order valence-electron chi connectivity index (χ3n) is 4.20. The van der Waals surface area contributed by atoms with Crippen molar-refractivity contribution in [2.24, 2.45) is 0 Å². The Morgan fingerprint density at radius 2 is 2.35 bits per heavy atom. The molecule has 0 N–H and O–H groups in total. The number of esters is 1. The van der Waals surface area contributed by atoms with E-state index in [4.69, 9.17) is 4.98 Å². The number of nitrogens with zero attached hydrogens (tertiary/aromatic N) is 2. The van der Waals surface area contributed by atoms with Crippen LogP contribution >= 0.6 is 11.3 Å². The Kier molecular flexibility index (Phi) is 3.32. The molecule has 0 saturated carbocycles. The quantitative estimate of drug-likeness (QED) is 0.813. The number of fused-ring (bicyclic) bond motifs is 3. The van der Waals surface area contributed by atoms with Crippen molar-refractivity contribution in [1.82, 2.24) is 9.38 Å². The van der Waals surface area contributed by atoms with Gasteiger partial charge in [-0.3, -0.25) is 9.20 Å². The molecule has 4 nitrogen and oxygen atoms in total. The van der Waals surface area contributed by atoms with Crippen LogP contribution in [0.1, 0.15) is 50.2 Å². The molecule has 0 radical (unpaired) electrons. The predicted molar refractivity (Wildman–Crippen MR) is 79.4 cm³/mol. The Labute approximate surface area is 122 Å². The van der Waals surface area contributed by atoms with Gasteiger partial charge in [-0.25, -0.2) is 4.98 Å². The van der Waals surface area contributed by atoms with Crippen LogP contribution in [0.15, 0.2) is 5.38 Å². The average molecular weight is 292 g/mol. The van der Waals surface area contributed by atoms with Crippen LogP contribution < -0.4 is 0 Å². The summed E-state index contributed by atoms with van der Waals surface area (Å²) in [5.74, 6) is -0.131. The summed E-state index contributed by atoms with van der Waals surface area (Å²) in [6.07, 6.45) is 4.48. The number of methoxy groups -OCH3 is 1. The molecule has 0 atom stereocenters. The highest BCUT2D eigenvalue weighted by molar-refractivity contribution is 7.15. The van der Waals surface area contributed by atoms with E-state index in [-0.39, 0.29) is 11.4 Å². The van der Waals surface area contributed by atoms with E-state index in [9.17, 15) is 4.79 Å². The molecule has 108 valence electrons. The molecular weight excluding hydrogens is 272 g/mol. The lowest BCUT2D eigenvalue weighted by Gasteiger charge is -2.14. The average Bonchev–Trinajstić information content (AvgIpc) is 3.03. The van der Waals surface area contributed by atoms with E-state index in [0.29, 0.717) is 6.42 Å². The number of thiazole rings is 1. The molecule has 0 amide bonds. The van der Waals surface area contributed by atoms with E-state index in [1.807, 2.05) is 0 Å². The van der Waals surface area contributed by atoms with Crippen molar-refractivity contribution in [1.29, 1.82) is 0 Å². The van der Waals surface area contributed by atoms with Gasteiger partial charge in [-0.05, 0) is 25.7 Å². The van der Waals surface area contributed by atoms with Gasteiger partial charge in [0.2, 0.25) is 0 Å². The van der Waals surface area contributed by atoms with Crippen LogP contribution in [-0.4, -0.2) is 22.5 Å². The minimum atomic E-state index is -0.131. The van der Waals surface area contributed by atoms with Gasteiger partial charge in [0.15, 0.2) is 4.96 Å². The van der Waals surface area contributed by atoms with Crippen LogP contribution in [0.5, 0.6) is 0 Å². The van der Waals surface area contributed by atoms with Crippen molar-refractivity contribution in [2.45, 2.75) is 51.4 Å². The largest absolute Gasteiger partial charge is 0.469 e. The van der Waals surface area contributed by atoms with Gasteiger partial charge in [0.05, 0.1) is 12.8 Å². The highest BCUT2D eigenvalue weighted by atomic mass is 32.1. The lowest BCUT2D eigenvalue weighted by atomic mass is 9.91. The summed E-state index contributed by atoms with van der Waals surface area (Å²) in [6, 6.07) is 0. The number of hydrogen-bond donors (Lipinski definition) is 0. The van der Waals surface area contributed by atoms with E-state index < -0.39 is 0 Å². The van der Waals surface area contributed by atoms with E-state index in [1.165, 1.54) is 30.6 Å². The van der Waals surface area contributed by atoms with Gasteiger partial charge in [-0.2, -0.15) is 0 Å². The number of aryl methyl sites for hydroxylation is 2. The Hall–Kier alpha value is -1.36. The fourth-order valence-electron chi connectivity index (χ4n) is 2.99. The van der Waals surface area contributed by atoms with Crippen molar-refractivity contribution in [3.63, 3.8) is 0 Å². The second kappa shape index (κ2) is 4.88. The number of carbonyl (C=O) groups excluding carboxylic acids is 1. The molecule has 0 spiro atoms. The third kappa shape index (κ3) is 2.14. The zero-order valence-electron chi connectivity index (χ0n) is 12.2. The summed E-state index contributed by atoms with van der Waals surface area (Å²) in [6.45, 7) is 4.54. The Morgan fingerprint density at radius 1 is 1.55 bits per heavy atom. The molecule has 3 rings (SSSR count). The normalized spacial score (nSPS) is 16.6. The number of carbonyl (C=O) groups is 1. The zero-order valence-corrected chi connectivity index (χ0v) is 13.0. The molecule has 0 bridgehead atoms. The minimum Gasteiger partial charge on any atom is -0.469 e. The molecule has 0 saturated heterocycles. The fraction of sp³-hybridized carbons (Fsp3) is 0.600. The van der Waals surface area contributed by atoms with Crippen LogP contribution in [0, 0.1) is 0 Å². The number of rotatable bonds is 4. The standard InChI is InChI=1S/C15H20N2O2S/c1-15(2)8-7-11-13(15)16-14-17(11)10(9-20-14)5-4-6-12(18)19-3/h9H,4-8H2,1-3H3. The van der Waals surface area contributed by atoms with Gasteiger partial charge in [0.25, 0.3) is 0 Å². The van der Waals surface area contributed by atoms with Crippen molar-refractivity contribution in [3.05, 3.63) is 22.5 Å². The summed E-state index contributed by atoms with van der Waals surface area (Å²) in [5.41, 5.74) is 4.11. The number of hydrogen-bond acceptors (Lipinski definition) is 4. The summed E-state index contributed by atoms with van der Waals surface area (Å²) in [4.78, 5) is 17.1. The molecule has 1 aliphatic carbocycles. The summed E-state index contributed by atoms with van der Waals surface area (Å²) in [7, 11) is 1.44. The number of ether oxygens (including phenoxy) is 1. The second-order valence-corrected chi connectivity index (χ2v) is 6.90. The first-order valence-electron chi connectivity index (χ1n) is 7.08. The lowest BCUT2D eigenvalue weighted by Crippen LogP contribution is -2.12. The van der Waals surface area contributed by atoms with Crippen molar-refractivity contribution >= 4 is 22.3 Å². The molecule has 20 heavy (non-hydrogen) atoms. The fourth-order valence-corrected chi connectivity index (χ4v) is 3.93. The molecule has 2 aromatic rings. The molecule has 0 aromatic carbocycles. The first-order chi connectivity index (χ1) is 9.53. The predicted octanol–water partition coefficient (Wildman–Crippen LogP) is 3.12. The van der Waals surface area contributed by atoms with Crippen LogP contribution in [0.3, 0.4) is 0 Å². The molecule has 2 heterocycles. The Morgan fingerprint density at radius 3 is 3.10 bits per heavy atom. The van der Waals surface area contributed by atoms with Crippen LogP contribution in [0.4, 0.5) is 0 Å². The van der Waals surface area contributed by atoms with Crippen LogP contribution in [0.2, 0.25) is 0 Å². The first-order valence-corrected chi connectivity index (χ1v) is 7.96. The van der Waals surface area contributed by atoms with Crippen LogP contribution in [0.25, 0.3) is 4.96 Å². The van der Waals surface area contributed by atoms with E-state index in [2.05, 4.69) is 28.4 Å². The van der Waals surface area contributed by atoms with Gasteiger partial charge in [-0.1, -0.05) is 13.8 Å². The summed E-state index contributed by atoms with van der Waals surface area (Å²) >= 11 is 1.70. The van der Waals surface area contributed by atoms with E-state index in [0.717, 1.165) is 24.2 Å². The molecule has 2 aromatic heterocycles. The van der Waals surface area contributed by atoms with Crippen molar-refractivity contribution in [3.8, 4) is 0 Å². The smallest absolute Gasteiger partial charge is 0.305 e. The monoisotopic (exact) mass is 292 g/mol. The highest BCUT2D eigenvalue weighted by Crippen LogP contribution is 2.39. The summed E-state index contributed by atoms with van der Waals surface area (Å²) in [5, 5.41) is 2.17. The van der Waals surface area contributed by atoms with Crippen molar-refractivity contribution < 1.29 is 9.53 Å². The maximum Gasteiger partial charge on any atom is 0.305 e. The minimum absolute atomic E-state index is 0.131. The van der Waals surface area contributed by atoms with Gasteiger partial charge in [0.1, 0.15) is 0 Å². The lowest BCUT2D eigenvalue weighted by molar-refractivity contribution is -0.140. The van der Waals surface area contributed by atoms with E-state index >= 15 is 0 Å². The first kappa shape index (κ1) is 13.6. The molecule has 5 heteroatoms. The van der Waals surface area contributed by atoms with Crippen LogP contribution in [-0.2, 0) is 27.8 Å². The highest BCUT2D eigenvalue weighted by Gasteiger charge is 2.35. The molecule has 1 aliphatic rings. The second-order valence-electron chi connectivity index (χ2n) is 6.07. The third-order valence-corrected chi connectivity index (χ3v) is 5.07. The maximum absolute atomic E-state index is 11.2. The zero-order chi connectivity index (χ0) is 14.3. The molecule has 0 fully saturated rings. The maximum atomic E-state index is 11.2. The molecular formula is C15H20N2O2S. The Bertz CT molecular complexity index is 654. The number of imidazole rings is 1. The van der Waals surface area contributed by atoms with Gasteiger partial charge < -0.3 is 4.74 Å². The Balaban J connectivity index is 1.85. The van der Waals surface area contributed by atoms with Gasteiger partial charge in [0, 0.05) is 28.6 Å². The van der Waals surface area contributed by atoms with Gasteiger partial charge in [-0.15, -0.1) is 11.3 Å². The summed E-state index contributed by atoms with van der Waals surface area (Å²) < 4.78 is 7.00. The molecule has 0 unspecified atom stereocenters. The SMILES string of the molecule is COC(=O)CCCc1csc2nc3c(n12)CCC3(C)C.